The van der Waals surface area contributed by atoms with Crippen LogP contribution in [0.1, 0.15) is 0 Å². The highest BCUT2D eigenvalue weighted by Crippen LogP contribution is 2.25. The number of hydrogen-bond acceptors (Lipinski definition) is 2. The summed E-state index contributed by atoms with van der Waals surface area (Å²) in [6, 6.07) is 20.0. The molecule has 0 fully saturated rings. The second-order valence-corrected chi connectivity index (χ2v) is 3.98. The Labute approximate surface area is 99.7 Å². The van der Waals surface area contributed by atoms with E-state index >= 15 is 0 Å². The van der Waals surface area contributed by atoms with Crippen molar-refractivity contribution >= 4 is 16.6 Å². The summed E-state index contributed by atoms with van der Waals surface area (Å²) in [5.74, 6) is 0. The maximum Gasteiger partial charge on any atom is 0.0730 e. The molecule has 2 N–H and O–H groups in total. The maximum absolute atomic E-state index is 5.96. The van der Waals surface area contributed by atoms with Gasteiger partial charge >= 0.3 is 0 Å². The first kappa shape index (κ1) is 9.85. The van der Waals surface area contributed by atoms with E-state index in [4.69, 9.17) is 5.73 Å². The Morgan fingerprint density at radius 1 is 0.765 bits per heavy atom. The first-order chi connectivity index (χ1) is 8.34. The number of nitrogen functional groups attached to an aromatic ring is 1. The quantitative estimate of drug-likeness (QED) is 0.637. The van der Waals surface area contributed by atoms with E-state index in [1.165, 1.54) is 0 Å². The summed E-state index contributed by atoms with van der Waals surface area (Å²) in [5, 5.41) is 1.14. The van der Waals surface area contributed by atoms with Gasteiger partial charge in [-0.2, -0.15) is 0 Å². The Bertz CT molecular complexity index is 674. The van der Waals surface area contributed by atoms with Crippen LogP contribution in [0, 0.1) is 0 Å². The average Bonchev–Trinajstić information content (AvgIpc) is 2.39. The molecular formula is C15H12N2. The molecule has 0 radical (unpaired) electrons. The molecule has 1 heterocycles. The molecule has 0 aliphatic heterocycles. The van der Waals surface area contributed by atoms with Crippen molar-refractivity contribution in [3.8, 4) is 11.3 Å². The van der Waals surface area contributed by atoms with Crippen LogP contribution in [-0.4, -0.2) is 4.98 Å². The van der Waals surface area contributed by atoms with Crippen LogP contribution in [0.25, 0.3) is 22.2 Å². The van der Waals surface area contributed by atoms with Gasteiger partial charge in [0.2, 0.25) is 0 Å². The first-order valence-electron chi connectivity index (χ1n) is 5.55. The molecule has 0 amide bonds. The van der Waals surface area contributed by atoms with E-state index in [0.717, 1.165) is 27.8 Å². The van der Waals surface area contributed by atoms with Gasteiger partial charge < -0.3 is 5.73 Å². The highest BCUT2D eigenvalue weighted by Gasteiger charge is 2.03. The van der Waals surface area contributed by atoms with Crippen LogP contribution in [0.15, 0.2) is 60.7 Å². The average molecular weight is 220 g/mol. The lowest BCUT2D eigenvalue weighted by Crippen LogP contribution is -1.91. The summed E-state index contributed by atoms with van der Waals surface area (Å²) in [6.45, 7) is 0. The summed E-state index contributed by atoms with van der Waals surface area (Å²) in [4.78, 5) is 4.63. The zero-order chi connectivity index (χ0) is 11.7. The van der Waals surface area contributed by atoms with E-state index < -0.39 is 0 Å². The van der Waals surface area contributed by atoms with Gasteiger partial charge in [0.25, 0.3) is 0 Å². The number of nitrogens with zero attached hydrogens (tertiary/aromatic N) is 1. The number of aromatic nitrogens is 1. The molecule has 0 saturated carbocycles. The van der Waals surface area contributed by atoms with Gasteiger partial charge in [-0.3, -0.25) is 0 Å². The molecule has 82 valence electrons. The summed E-state index contributed by atoms with van der Waals surface area (Å²) in [6.07, 6.45) is 0. The van der Waals surface area contributed by atoms with Gasteiger partial charge in [-0.1, -0.05) is 42.5 Å². The molecule has 0 spiro atoms. The minimum Gasteiger partial charge on any atom is -0.398 e. The molecule has 0 atom stereocenters. The fourth-order valence-electron chi connectivity index (χ4n) is 1.95. The second kappa shape index (κ2) is 3.91. The lowest BCUT2D eigenvalue weighted by Gasteiger charge is -2.05. The van der Waals surface area contributed by atoms with Crippen molar-refractivity contribution in [2.24, 2.45) is 0 Å². The van der Waals surface area contributed by atoms with Crippen molar-refractivity contribution in [3.05, 3.63) is 60.7 Å². The number of nitrogens with two attached hydrogens (primary N) is 1. The third-order valence-corrected chi connectivity index (χ3v) is 2.84. The number of fused-ring (bicyclic) bond motifs is 1. The van der Waals surface area contributed by atoms with Gasteiger partial charge in [-0.05, 0) is 18.2 Å². The van der Waals surface area contributed by atoms with Gasteiger partial charge in [0.15, 0.2) is 0 Å². The minimum absolute atomic E-state index is 0.760. The summed E-state index contributed by atoms with van der Waals surface area (Å²) >= 11 is 0. The van der Waals surface area contributed by atoms with E-state index in [0.29, 0.717) is 0 Å². The predicted molar refractivity (Wildman–Crippen MR) is 71.6 cm³/mol. The van der Waals surface area contributed by atoms with Crippen LogP contribution in [0.4, 0.5) is 5.69 Å². The summed E-state index contributed by atoms with van der Waals surface area (Å²) in [7, 11) is 0. The van der Waals surface area contributed by atoms with Gasteiger partial charge in [0, 0.05) is 16.6 Å². The number of rotatable bonds is 1. The summed E-state index contributed by atoms with van der Waals surface area (Å²) < 4.78 is 0. The molecule has 0 unspecified atom stereocenters. The van der Waals surface area contributed by atoms with Crippen LogP contribution >= 0.6 is 0 Å². The van der Waals surface area contributed by atoms with Gasteiger partial charge in [0.05, 0.1) is 11.2 Å². The molecular weight excluding hydrogens is 208 g/mol. The molecule has 17 heavy (non-hydrogen) atoms. The maximum atomic E-state index is 5.96. The Hall–Kier alpha value is -2.35. The Morgan fingerprint density at radius 3 is 2.41 bits per heavy atom. The SMILES string of the molecule is Nc1ccccc1-c1ccc2ccccc2n1. The number of hydrogen-bond donors (Lipinski definition) is 1. The van der Waals surface area contributed by atoms with E-state index in [9.17, 15) is 0 Å². The van der Waals surface area contributed by atoms with Gasteiger partial charge in [-0.25, -0.2) is 4.98 Å². The van der Waals surface area contributed by atoms with Crippen molar-refractivity contribution in [1.29, 1.82) is 0 Å². The van der Waals surface area contributed by atoms with E-state index in [-0.39, 0.29) is 0 Å². The minimum atomic E-state index is 0.760. The molecule has 3 aromatic rings. The molecule has 0 bridgehead atoms. The molecule has 0 aliphatic rings. The third kappa shape index (κ3) is 1.74. The normalized spacial score (nSPS) is 10.6. The van der Waals surface area contributed by atoms with E-state index in [1.807, 2.05) is 48.5 Å². The fraction of sp³-hybridized carbons (Fsp3) is 0. The molecule has 0 saturated heterocycles. The zero-order valence-electron chi connectivity index (χ0n) is 9.30. The van der Waals surface area contributed by atoms with Crippen molar-refractivity contribution in [2.75, 3.05) is 5.73 Å². The Morgan fingerprint density at radius 2 is 1.53 bits per heavy atom. The number of benzene rings is 2. The Kier molecular flexibility index (Phi) is 2.26. The van der Waals surface area contributed by atoms with Crippen LogP contribution < -0.4 is 5.73 Å². The molecule has 1 aromatic heterocycles. The molecule has 2 heteroatoms. The first-order valence-corrected chi connectivity index (χ1v) is 5.55. The van der Waals surface area contributed by atoms with E-state index in [2.05, 4.69) is 17.1 Å². The molecule has 3 rings (SSSR count). The van der Waals surface area contributed by atoms with Crippen molar-refractivity contribution in [1.82, 2.24) is 4.98 Å². The lowest BCUT2D eigenvalue weighted by molar-refractivity contribution is 1.40. The van der Waals surface area contributed by atoms with Gasteiger partial charge in [0.1, 0.15) is 0 Å². The standard InChI is InChI=1S/C15H12N2/c16-13-7-3-2-6-12(13)15-10-9-11-5-1-4-8-14(11)17-15/h1-10H,16H2. The largest absolute Gasteiger partial charge is 0.398 e. The second-order valence-electron chi connectivity index (χ2n) is 3.98. The number of anilines is 1. The molecule has 0 aliphatic carbocycles. The smallest absolute Gasteiger partial charge is 0.0730 e. The van der Waals surface area contributed by atoms with E-state index in [1.54, 1.807) is 0 Å². The van der Waals surface area contributed by atoms with Crippen molar-refractivity contribution in [3.63, 3.8) is 0 Å². The lowest BCUT2D eigenvalue weighted by atomic mass is 10.1. The van der Waals surface area contributed by atoms with Crippen molar-refractivity contribution in [2.45, 2.75) is 0 Å². The van der Waals surface area contributed by atoms with Crippen LogP contribution in [0.2, 0.25) is 0 Å². The Balaban J connectivity index is 2.22. The zero-order valence-corrected chi connectivity index (χ0v) is 9.30. The van der Waals surface area contributed by atoms with Crippen LogP contribution in [0.5, 0.6) is 0 Å². The highest BCUT2D eigenvalue weighted by molar-refractivity contribution is 5.83. The fourth-order valence-corrected chi connectivity index (χ4v) is 1.95. The molecule has 2 aromatic carbocycles. The van der Waals surface area contributed by atoms with Crippen molar-refractivity contribution < 1.29 is 0 Å². The topological polar surface area (TPSA) is 38.9 Å². The monoisotopic (exact) mass is 220 g/mol. The highest BCUT2D eigenvalue weighted by atomic mass is 14.7. The predicted octanol–water partition coefficient (Wildman–Crippen LogP) is 3.48. The number of pyridine rings is 1. The van der Waals surface area contributed by atoms with Gasteiger partial charge in [-0.15, -0.1) is 0 Å². The number of para-hydroxylation sites is 2. The third-order valence-electron chi connectivity index (χ3n) is 2.84. The van der Waals surface area contributed by atoms with Crippen LogP contribution in [-0.2, 0) is 0 Å². The van der Waals surface area contributed by atoms with Crippen LogP contribution in [0.3, 0.4) is 0 Å². The molecule has 2 nitrogen and oxygen atoms in total. The summed E-state index contributed by atoms with van der Waals surface area (Å²) in [5.41, 5.74) is 9.61.